The molecule has 0 heterocycles. The van der Waals surface area contributed by atoms with Gasteiger partial charge in [-0.15, -0.1) is 0 Å². The van der Waals surface area contributed by atoms with Crippen LogP contribution in [0.25, 0.3) is 0 Å². The largest absolute Gasteiger partial charge is 0.317 e. The van der Waals surface area contributed by atoms with Gasteiger partial charge in [-0.05, 0) is 45.8 Å². The van der Waals surface area contributed by atoms with Crippen LogP contribution in [-0.2, 0) is 0 Å². The number of unbranched alkanes of at least 4 members (excludes halogenated alkanes) is 1. The van der Waals surface area contributed by atoms with Crippen LogP contribution in [0.3, 0.4) is 0 Å². The van der Waals surface area contributed by atoms with E-state index in [-0.39, 0.29) is 0 Å². The van der Waals surface area contributed by atoms with E-state index in [0.717, 1.165) is 12.5 Å². The fourth-order valence-corrected chi connectivity index (χ4v) is 1.64. The molecule has 0 aliphatic carbocycles. The summed E-state index contributed by atoms with van der Waals surface area (Å²) in [5, 5.41) is 6.53. The van der Waals surface area contributed by atoms with Crippen LogP contribution in [0.2, 0.25) is 0 Å². The Balaban J connectivity index is 0. The highest BCUT2D eigenvalue weighted by molar-refractivity contribution is 4.55. The lowest BCUT2D eigenvalue weighted by Crippen LogP contribution is -2.20. The van der Waals surface area contributed by atoms with Crippen molar-refractivity contribution in [2.75, 3.05) is 20.1 Å². The van der Waals surface area contributed by atoms with Gasteiger partial charge in [0.25, 0.3) is 0 Å². The number of hydrogen-bond donors (Lipinski definition) is 2. The molecule has 2 unspecified atom stereocenters. The number of rotatable bonds is 9. The Bertz CT molecular complexity index is 126. The Morgan fingerprint density at radius 1 is 0.941 bits per heavy atom. The molecule has 0 aromatic heterocycles. The lowest BCUT2D eigenvalue weighted by atomic mass is 10.1. The van der Waals surface area contributed by atoms with Crippen LogP contribution in [-0.4, -0.2) is 26.2 Å². The molecule has 2 atom stereocenters. The Morgan fingerprint density at radius 3 is 2.00 bits per heavy atom. The highest BCUT2D eigenvalue weighted by atomic mass is 14.8. The summed E-state index contributed by atoms with van der Waals surface area (Å²) in [7, 11) is 2.01. The Morgan fingerprint density at radius 2 is 1.59 bits per heavy atom. The summed E-state index contributed by atoms with van der Waals surface area (Å²) in [4.78, 5) is 0. The van der Waals surface area contributed by atoms with Gasteiger partial charge in [0.2, 0.25) is 0 Å². The van der Waals surface area contributed by atoms with E-state index in [1.165, 1.54) is 38.6 Å². The zero-order valence-corrected chi connectivity index (χ0v) is 13.1. The molecule has 0 rings (SSSR count). The maximum absolute atomic E-state index is 3.33. The molecule has 0 aromatic rings. The van der Waals surface area contributed by atoms with Gasteiger partial charge in [-0.3, -0.25) is 0 Å². The SMILES string of the molecule is CCCC(C)CNCC.CCCCC(C)NC. The van der Waals surface area contributed by atoms with Crippen LogP contribution in [0.1, 0.15) is 66.7 Å². The van der Waals surface area contributed by atoms with E-state index in [4.69, 9.17) is 0 Å². The molecule has 0 amide bonds. The first-order chi connectivity index (χ1) is 8.12. The van der Waals surface area contributed by atoms with E-state index < -0.39 is 0 Å². The minimum Gasteiger partial charge on any atom is -0.317 e. The second kappa shape index (κ2) is 15.9. The molecule has 2 heteroatoms. The third kappa shape index (κ3) is 18.5. The average Bonchev–Trinajstić information content (AvgIpc) is 2.34. The Labute approximate surface area is 110 Å². The normalized spacial score (nSPS) is 13.8. The predicted octanol–water partition coefficient (Wildman–Crippen LogP) is 3.82. The van der Waals surface area contributed by atoms with E-state index in [0.29, 0.717) is 6.04 Å². The van der Waals surface area contributed by atoms with Crippen LogP contribution in [0.5, 0.6) is 0 Å². The van der Waals surface area contributed by atoms with Crippen molar-refractivity contribution in [3.05, 3.63) is 0 Å². The molecule has 17 heavy (non-hydrogen) atoms. The molecule has 0 aromatic carbocycles. The van der Waals surface area contributed by atoms with Crippen molar-refractivity contribution < 1.29 is 0 Å². The second-order valence-electron chi connectivity index (χ2n) is 5.03. The van der Waals surface area contributed by atoms with E-state index in [2.05, 4.69) is 45.3 Å². The van der Waals surface area contributed by atoms with Crippen molar-refractivity contribution in [3.63, 3.8) is 0 Å². The summed E-state index contributed by atoms with van der Waals surface area (Å²) in [6.07, 6.45) is 6.64. The van der Waals surface area contributed by atoms with Crippen molar-refractivity contribution in [2.45, 2.75) is 72.8 Å². The van der Waals surface area contributed by atoms with Gasteiger partial charge in [-0.2, -0.15) is 0 Å². The molecule has 0 saturated heterocycles. The van der Waals surface area contributed by atoms with Gasteiger partial charge in [0.05, 0.1) is 0 Å². The van der Waals surface area contributed by atoms with Gasteiger partial charge >= 0.3 is 0 Å². The number of hydrogen-bond acceptors (Lipinski definition) is 2. The van der Waals surface area contributed by atoms with Crippen LogP contribution in [0, 0.1) is 5.92 Å². The topological polar surface area (TPSA) is 24.1 Å². The monoisotopic (exact) mass is 244 g/mol. The van der Waals surface area contributed by atoms with Crippen LogP contribution in [0.15, 0.2) is 0 Å². The third-order valence-electron chi connectivity index (χ3n) is 3.01. The van der Waals surface area contributed by atoms with Gasteiger partial charge in [0, 0.05) is 6.04 Å². The molecule has 0 bridgehead atoms. The molecule has 2 N–H and O–H groups in total. The molecular weight excluding hydrogens is 208 g/mol. The average molecular weight is 244 g/mol. The quantitative estimate of drug-likeness (QED) is 0.644. The highest BCUT2D eigenvalue weighted by Gasteiger charge is 1.96. The van der Waals surface area contributed by atoms with Crippen molar-refractivity contribution >= 4 is 0 Å². The molecular formula is C15H36N2. The predicted molar refractivity (Wildman–Crippen MR) is 80.7 cm³/mol. The number of nitrogens with one attached hydrogen (secondary N) is 2. The fourth-order valence-electron chi connectivity index (χ4n) is 1.64. The van der Waals surface area contributed by atoms with Crippen molar-refractivity contribution in [1.82, 2.24) is 10.6 Å². The first-order valence-electron chi connectivity index (χ1n) is 7.50. The molecule has 0 aliphatic rings. The summed E-state index contributed by atoms with van der Waals surface area (Å²) in [6.45, 7) is 13.4. The van der Waals surface area contributed by atoms with E-state index >= 15 is 0 Å². The van der Waals surface area contributed by atoms with Crippen molar-refractivity contribution in [3.8, 4) is 0 Å². The second-order valence-corrected chi connectivity index (χ2v) is 5.03. The van der Waals surface area contributed by atoms with Gasteiger partial charge in [0.1, 0.15) is 0 Å². The minimum atomic E-state index is 0.704. The zero-order valence-electron chi connectivity index (χ0n) is 13.1. The summed E-state index contributed by atoms with van der Waals surface area (Å²) in [5.41, 5.74) is 0. The van der Waals surface area contributed by atoms with Gasteiger partial charge in [0.15, 0.2) is 0 Å². The standard InChI is InChI=1S/C8H19N.C7H17N/c1-4-6-8(3)7-9-5-2;1-4-5-6-7(2)8-3/h8-9H,4-7H2,1-3H3;7-8H,4-6H2,1-3H3. The van der Waals surface area contributed by atoms with Crippen molar-refractivity contribution in [1.29, 1.82) is 0 Å². The fraction of sp³-hybridized carbons (Fsp3) is 1.00. The van der Waals surface area contributed by atoms with E-state index in [1.807, 2.05) is 7.05 Å². The lowest BCUT2D eigenvalue weighted by molar-refractivity contribution is 0.484. The molecule has 0 fully saturated rings. The molecule has 0 aliphatic heterocycles. The van der Waals surface area contributed by atoms with Crippen LogP contribution < -0.4 is 10.6 Å². The first-order valence-corrected chi connectivity index (χ1v) is 7.50. The lowest BCUT2D eigenvalue weighted by Gasteiger charge is -2.08. The van der Waals surface area contributed by atoms with Crippen LogP contribution >= 0.6 is 0 Å². The Hall–Kier alpha value is -0.0800. The summed E-state index contributed by atoms with van der Waals surface area (Å²) < 4.78 is 0. The van der Waals surface area contributed by atoms with E-state index in [9.17, 15) is 0 Å². The smallest absolute Gasteiger partial charge is 0.00357 e. The molecule has 2 nitrogen and oxygen atoms in total. The highest BCUT2D eigenvalue weighted by Crippen LogP contribution is 2.01. The minimum absolute atomic E-state index is 0.704. The van der Waals surface area contributed by atoms with Crippen molar-refractivity contribution in [2.24, 2.45) is 5.92 Å². The zero-order chi connectivity index (χ0) is 13.5. The van der Waals surface area contributed by atoms with Gasteiger partial charge in [-0.25, -0.2) is 0 Å². The van der Waals surface area contributed by atoms with Crippen LogP contribution in [0.4, 0.5) is 0 Å². The molecule has 0 spiro atoms. The first kappa shape index (κ1) is 19.3. The van der Waals surface area contributed by atoms with E-state index in [1.54, 1.807) is 0 Å². The maximum atomic E-state index is 3.33. The summed E-state index contributed by atoms with van der Waals surface area (Å²) in [6, 6.07) is 0.704. The third-order valence-corrected chi connectivity index (χ3v) is 3.01. The van der Waals surface area contributed by atoms with Gasteiger partial charge in [-0.1, -0.05) is 47.0 Å². The molecule has 0 radical (unpaired) electrons. The molecule has 106 valence electrons. The molecule has 0 saturated carbocycles. The summed E-state index contributed by atoms with van der Waals surface area (Å²) in [5.74, 6) is 0.856. The summed E-state index contributed by atoms with van der Waals surface area (Å²) >= 11 is 0. The van der Waals surface area contributed by atoms with Gasteiger partial charge < -0.3 is 10.6 Å². The maximum Gasteiger partial charge on any atom is 0.00357 e. The Kier molecular flexibility index (Phi) is 18.0.